The molecule has 3 amide bonds. The predicted molar refractivity (Wildman–Crippen MR) is 170 cm³/mol. The SMILES string of the molecule is COc1ccc(C2CCN(C(=O)OC(C)(C)C)C2)cc1C(=O)N[C@H]1[C@@H](C(=O)Nc2ccc(F)c(C(F)(F)F)c2)[C@H]2CC[C@@H]1/C2=C\C1CC1. The Hall–Kier alpha value is -4.09. The summed E-state index contributed by atoms with van der Waals surface area (Å²) in [7, 11) is 1.47. The number of carbonyl (C=O) groups excluding carboxylic acids is 3. The quantitative estimate of drug-likeness (QED) is 0.238. The van der Waals surface area contributed by atoms with Gasteiger partial charge in [0, 0.05) is 36.7 Å². The summed E-state index contributed by atoms with van der Waals surface area (Å²) in [4.78, 5) is 42.2. The van der Waals surface area contributed by atoms with E-state index in [4.69, 9.17) is 9.47 Å². The fraction of sp³-hybridized carbons (Fsp3) is 0.528. The lowest BCUT2D eigenvalue weighted by Crippen LogP contribution is -2.48. The number of amides is 3. The number of nitrogens with one attached hydrogen (secondary N) is 2. The van der Waals surface area contributed by atoms with Crippen molar-refractivity contribution in [3.63, 3.8) is 0 Å². The summed E-state index contributed by atoms with van der Waals surface area (Å²) < 4.78 is 65.2. The van der Waals surface area contributed by atoms with Crippen molar-refractivity contribution in [2.45, 2.75) is 76.6 Å². The summed E-state index contributed by atoms with van der Waals surface area (Å²) >= 11 is 0. The summed E-state index contributed by atoms with van der Waals surface area (Å²) in [5.41, 5.74) is 0.0193. The van der Waals surface area contributed by atoms with E-state index in [1.54, 1.807) is 17.0 Å². The Bertz CT molecular complexity index is 1630. The van der Waals surface area contributed by atoms with E-state index in [0.717, 1.165) is 42.9 Å². The first-order chi connectivity index (χ1) is 22.6. The Morgan fingerprint density at radius 1 is 0.958 bits per heavy atom. The van der Waals surface area contributed by atoms with Crippen molar-refractivity contribution in [2.75, 3.05) is 25.5 Å². The number of alkyl halides is 3. The molecule has 1 unspecified atom stereocenters. The minimum absolute atomic E-state index is 0.0265. The van der Waals surface area contributed by atoms with Crippen LogP contribution >= 0.6 is 0 Å². The van der Waals surface area contributed by atoms with E-state index in [1.165, 1.54) is 7.11 Å². The van der Waals surface area contributed by atoms with Crippen molar-refractivity contribution in [2.24, 2.45) is 23.7 Å². The van der Waals surface area contributed by atoms with Gasteiger partial charge in [-0.1, -0.05) is 17.7 Å². The zero-order valence-electron chi connectivity index (χ0n) is 27.5. The van der Waals surface area contributed by atoms with Crippen LogP contribution in [-0.4, -0.2) is 54.6 Å². The molecule has 2 aromatic carbocycles. The van der Waals surface area contributed by atoms with Crippen LogP contribution in [0.15, 0.2) is 48.0 Å². The number of ether oxygens (including phenoxy) is 2. The molecule has 3 aliphatic carbocycles. The van der Waals surface area contributed by atoms with Crippen molar-refractivity contribution in [1.82, 2.24) is 10.2 Å². The Morgan fingerprint density at radius 3 is 2.35 bits per heavy atom. The number of hydrogen-bond donors (Lipinski definition) is 2. The maximum absolute atomic E-state index is 14.0. The van der Waals surface area contributed by atoms with Gasteiger partial charge in [-0.25, -0.2) is 9.18 Å². The normalized spacial score (nSPS) is 26.1. The second kappa shape index (κ2) is 12.7. The summed E-state index contributed by atoms with van der Waals surface area (Å²) in [5, 5.41) is 5.70. The first kappa shape index (κ1) is 33.8. The fourth-order valence-corrected chi connectivity index (χ4v) is 7.52. The lowest BCUT2D eigenvalue weighted by atomic mass is 9.83. The van der Waals surface area contributed by atoms with Crippen LogP contribution < -0.4 is 15.4 Å². The number of allylic oxidation sites excluding steroid dienone is 1. The lowest BCUT2D eigenvalue weighted by molar-refractivity contribution is -0.140. The molecule has 1 heterocycles. The maximum Gasteiger partial charge on any atom is 0.419 e. The minimum Gasteiger partial charge on any atom is -0.496 e. The molecule has 1 aliphatic heterocycles. The smallest absolute Gasteiger partial charge is 0.419 e. The Labute approximate surface area is 277 Å². The summed E-state index contributed by atoms with van der Waals surface area (Å²) in [6, 6.07) is 7.14. The molecule has 258 valence electrons. The van der Waals surface area contributed by atoms with Gasteiger partial charge in [-0.3, -0.25) is 9.59 Å². The molecule has 12 heteroatoms. The van der Waals surface area contributed by atoms with E-state index in [1.807, 2.05) is 26.8 Å². The molecule has 8 nitrogen and oxygen atoms in total. The van der Waals surface area contributed by atoms with Crippen LogP contribution in [0.3, 0.4) is 0 Å². The average molecular weight is 672 g/mol. The number of carbonyl (C=O) groups is 3. The molecule has 3 saturated carbocycles. The topological polar surface area (TPSA) is 97.0 Å². The van der Waals surface area contributed by atoms with Crippen molar-refractivity contribution in [1.29, 1.82) is 0 Å². The number of nitrogens with zero attached hydrogens (tertiary/aromatic N) is 1. The number of anilines is 1. The van der Waals surface area contributed by atoms with Crippen LogP contribution in [0.25, 0.3) is 0 Å². The molecule has 48 heavy (non-hydrogen) atoms. The molecule has 1 saturated heterocycles. The highest BCUT2D eigenvalue weighted by atomic mass is 19.4. The van der Waals surface area contributed by atoms with Gasteiger partial charge < -0.3 is 25.0 Å². The average Bonchev–Trinajstić information content (AvgIpc) is 3.42. The molecule has 0 radical (unpaired) electrons. The zero-order chi connectivity index (χ0) is 34.5. The molecule has 6 rings (SSSR count). The van der Waals surface area contributed by atoms with Gasteiger partial charge in [-0.2, -0.15) is 13.2 Å². The Kier molecular flexibility index (Phi) is 8.97. The molecule has 4 fully saturated rings. The van der Waals surface area contributed by atoms with Crippen LogP contribution in [-0.2, 0) is 15.7 Å². The van der Waals surface area contributed by atoms with E-state index in [-0.39, 0.29) is 35.1 Å². The van der Waals surface area contributed by atoms with Crippen LogP contribution in [0.4, 0.5) is 28.0 Å². The molecule has 0 aromatic heterocycles. The second-order valence-electron chi connectivity index (χ2n) is 14.4. The third-order valence-electron chi connectivity index (χ3n) is 9.87. The predicted octanol–water partition coefficient (Wildman–Crippen LogP) is 7.31. The maximum atomic E-state index is 14.0. The van der Waals surface area contributed by atoms with Gasteiger partial charge >= 0.3 is 12.3 Å². The van der Waals surface area contributed by atoms with Crippen molar-refractivity contribution >= 4 is 23.6 Å². The number of rotatable bonds is 7. The van der Waals surface area contributed by atoms with E-state index < -0.39 is 46.9 Å². The molecule has 5 atom stereocenters. The number of likely N-dealkylation sites (tertiary alicyclic amines) is 1. The van der Waals surface area contributed by atoms with E-state index in [0.29, 0.717) is 43.3 Å². The summed E-state index contributed by atoms with van der Waals surface area (Å²) in [5.74, 6) is -2.63. The molecular formula is C36H41F4N3O5. The highest BCUT2D eigenvalue weighted by Gasteiger charge is 2.55. The lowest BCUT2D eigenvalue weighted by Gasteiger charge is -2.30. The Morgan fingerprint density at radius 2 is 1.69 bits per heavy atom. The van der Waals surface area contributed by atoms with Gasteiger partial charge in [0.05, 0.1) is 24.2 Å². The number of methoxy groups -OCH3 is 1. The Balaban J connectivity index is 1.24. The first-order valence-corrected chi connectivity index (χ1v) is 16.5. The second-order valence-corrected chi connectivity index (χ2v) is 14.4. The van der Waals surface area contributed by atoms with Gasteiger partial charge in [-0.15, -0.1) is 0 Å². The van der Waals surface area contributed by atoms with Crippen LogP contribution in [0.5, 0.6) is 5.75 Å². The van der Waals surface area contributed by atoms with Crippen LogP contribution in [0.1, 0.15) is 80.3 Å². The van der Waals surface area contributed by atoms with E-state index in [9.17, 15) is 31.9 Å². The minimum atomic E-state index is -4.92. The monoisotopic (exact) mass is 671 g/mol. The molecular weight excluding hydrogens is 630 g/mol. The number of halogens is 4. The third kappa shape index (κ3) is 7.03. The summed E-state index contributed by atoms with van der Waals surface area (Å²) in [6.07, 6.45) is 1.21. The van der Waals surface area contributed by atoms with E-state index in [2.05, 4.69) is 16.7 Å². The molecule has 4 aliphatic rings. The number of hydrogen-bond acceptors (Lipinski definition) is 5. The van der Waals surface area contributed by atoms with Gasteiger partial charge in [-0.05, 0) is 101 Å². The largest absolute Gasteiger partial charge is 0.496 e. The highest BCUT2D eigenvalue weighted by molar-refractivity contribution is 5.99. The third-order valence-corrected chi connectivity index (χ3v) is 9.87. The molecule has 0 spiro atoms. The van der Waals surface area contributed by atoms with Gasteiger partial charge in [0.2, 0.25) is 5.91 Å². The van der Waals surface area contributed by atoms with Crippen LogP contribution in [0.2, 0.25) is 0 Å². The molecule has 2 aromatic rings. The van der Waals surface area contributed by atoms with Gasteiger partial charge in [0.25, 0.3) is 5.91 Å². The molecule has 2 N–H and O–H groups in total. The summed E-state index contributed by atoms with van der Waals surface area (Å²) in [6.45, 7) is 6.40. The van der Waals surface area contributed by atoms with Crippen molar-refractivity contribution < 1.29 is 41.4 Å². The van der Waals surface area contributed by atoms with Crippen molar-refractivity contribution in [3.8, 4) is 5.75 Å². The standard InChI is InChI=1S/C36H41F4N3O5/c1-35(2,3)48-34(46)43-14-13-21(18-43)20-7-12-29(47-4)26(16-20)32(44)42-31-24-10-9-23(25(24)15-19-5-6-19)30(31)33(45)41-22-8-11-28(37)27(17-22)36(38,39)40/h7-8,11-12,15-17,19,21,23-24,30-31H,5-6,9-10,13-14,18H2,1-4H3,(H,41,45)(H,42,44)/b25-15-/t21?,23-,24+,30-,31+/m0/s1. The van der Waals surface area contributed by atoms with Gasteiger partial charge in [0.1, 0.15) is 17.2 Å². The zero-order valence-corrected chi connectivity index (χ0v) is 27.5. The van der Waals surface area contributed by atoms with Crippen LogP contribution in [0, 0.1) is 29.5 Å². The number of benzene rings is 2. The first-order valence-electron chi connectivity index (χ1n) is 16.5. The fourth-order valence-electron chi connectivity index (χ4n) is 7.52. The number of fused-ring (bicyclic) bond motifs is 2. The molecule has 2 bridgehead atoms. The highest BCUT2D eigenvalue weighted by Crippen LogP contribution is 2.54. The van der Waals surface area contributed by atoms with Crippen molar-refractivity contribution in [3.05, 3.63) is 70.6 Å². The van der Waals surface area contributed by atoms with Gasteiger partial charge in [0.15, 0.2) is 0 Å². The van der Waals surface area contributed by atoms with E-state index >= 15 is 0 Å².